The molecule has 0 radical (unpaired) electrons. The smallest absolute Gasteiger partial charge is 0.104 e. The van der Waals surface area contributed by atoms with Gasteiger partial charge in [0.05, 0.1) is 1.37 Å². The summed E-state index contributed by atoms with van der Waals surface area (Å²) in [6.45, 7) is 2.20. The summed E-state index contributed by atoms with van der Waals surface area (Å²) >= 11 is 0. The third-order valence-corrected chi connectivity index (χ3v) is 3.00. The number of hydrogen-bond donors (Lipinski definition) is 0. The molecule has 2 heteroatoms. The van der Waals surface area contributed by atoms with Crippen molar-refractivity contribution in [3.8, 4) is 0 Å². The van der Waals surface area contributed by atoms with Gasteiger partial charge in [0.1, 0.15) is 5.82 Å². The van der Waals surface area contributed by atoms with Crippen LogP contribution in [0.15, 0.2) is 36.2 Å². The van der Waals surface area contributed by atoms with E-state index in [-0.39, 0.29) is 13.0 Å². The van der Waals surface area contributed by atoms with Crippen LogP contribution in [0.3, 0.4) is 0 Å². The summed E-state index contributed by atoms with van der Waals surface area (Å²) in [5.74, 6) is 1.04. The van der Waals surface area contributed by atoms with Gasteiger partial charge in [-0.3, -0.25) is 0 Å². The lowest BCUT2D eigenvalue weighted by atomic mass is 10.2. The summed E-state index contributed by atoms with van der Waals surface area (Å²) in [5, 5.41) is 0. The SMILES string of the molecule is [2H]C1CC=C2N1C[C@@H]([2H])N2c1ccccc1C. The van der Waals surface area contributed by atoms with Crippen LogP contribution in [-0.4, -0.2) is 24.5 Å². The molecule has 2 nitrogen and oxygen atoms in total. The third kappa shape index (κ3) is 1.32. The van der Waals surface area contributed by atoms with Crippen LogP contribution in [0, 0.1) is 6.92 Å². The Labute approximate surface area is 93.6 Å². The van der Waals surface area contributed by atoms with E-state index in [0.29, 0.717) is 6.54 Å². The highest BCUT2D eigenvalue weighted by molar-refractivity contribution is 5.58. The van der Waals surface area contributed by atoms with Gasteiger partial charge in [-0.15, -0.1) is 0 Å². The summed E-state index contributed by atoms with van der Waals surface area (Å²) in [7, 11) is 0. The molecule has 0 amide bonds. The molecule has 0 aromatic heterocycles. The quantitative estimate of drug-likeness (QED) is 0.690. The lowest BCUT2D eigenvalue weighted by molar-refractivity contribution is 0.434. The Balaban J connectivity index is 2.01. The van der Waals surface area contributed by atoms with E-state index in [9.17, 15) is 0 Å². The molecular weight excluding hydrogens is 184 g/mol. The highest BCUT2D eigenvalue weighted by Gasteiger charge is 2.28. The van der Waals surface area contributed by atoms with Crippen LogP contribution >= 0.6 is 0 Å². The van der Waals surface area contributed by atoms with Gasteiger partial charge in [0.15, 0.2) is 0 Å². The average Bonchev–Trinajstić information content (AvgIpc) is 2.80. The summed E-state index contributed by atoms with van der Waals surface area (Å²) < 4.78 is 16.1. The lowest BCUT2D eigenvalue weighted by Crippen LogP contribution is -2.19. The Morgan fingerprint density at radius 1 is 1.27 bits per heavy atom. The van der Waals surface area contributed by atoms with Crippen molar-refractivity contribution in [1.82, 2.24) is 4.90 Å². The van der Waals surface area contributed by atoms with Crippen molar-refractivity contribution in [3.05, 3.63) is 41.7 Å². The Hall–Kier alpha value is -1.44. The average molecular weight is 202 g/mol. The maximum absolute atomic E-state index is 8.17. The minimum atomic E-state index is -0.296. The highest BCUT2D eigenvalue weighted by Crippen LogP contribution is 2.31. The Kier molecular flexibility index (Phi) is 1.53. The normalized spacial score (nSPS) is 31.1. The molecule has 1 aromatic rings. The molecule has 1 aromatic carbocycles. The first-order chi connectivity index (χ1) is 8.18. The predicted molar refractivity (Wildman–Crippen MR) is 62.8 cm³/mol. The van der Waals surface area contributed by atoms with Crippen molar-refractivity contribution in [2.24, 2.45) is 0 Å². The molecule has 0 bridgehead atoms. The summed E-state index contributed by atoms with van der Waals surface area (Å²) in [6, 6.07) is 8.14. The first-order valence-corrected chi connectivity index (χ1v) is 5.34. The molecular formula is C13H16N2. The van der Waals surface area contributed by atoms with Crippen molar-refractivity contribution in [3.63, 3.8) is 0 Å². The number of anilines is 1. The summed E-state index contributed by atoms with van der Waals surface area (Å²) in [5.41, 5.74) is 2.27. The number of rotatable bonds is 1. The van der Waals surface area contributed by atoms with Crippen molar-refractivity contribution in [2.75, 3.05) is 24.5 Å². The molecule has 1 fully saturated rings. The Morgan fingerprint density at radius 3 is 3.00 bits per heavy atom. The second kappa shape index (κ2) is 3.30. The van der Waals surface area contributed by atoms with E-state index in [1.807, 2.05) is 21.9 Å². The Morgan fingerprint density at radius 2 is 2.13 bits per heavy atom. The van der Waals surface area contributed by atoms with Gasteiger partial charge < -0.3 is 9.80 Å². The van der Waals surface area contributed by atoms with Gasteiger partial charge >= 0.3 is 0 Å². The van der Waals surface area contributed by atoms with Crippen molar-refractivity contribution in [2.45, 2.75) is 13.3 Å². The number of aryl methyl sites for hydroxylation is 1. The Bertz CT molecular complexity index is 472. The topological polar surface area (TPSA) is 6.48 Å². The summed E-state index contributed by atoms with van der Waals surface area (Å²) in [4.78, 5) is 4.06. The zero-order chi connectivity index (χ0) is 12.0. The second-order valence-electron chi connectivity index (χ2n) is 3.97. The van der Waals surface area contributed by atoms with Gasteiger partial charge in [-0.1, -0.05) is 18.2 Å². The van der Waals surface area contributed by atoms with E-state index < -0.39 is 0 Å². The van der Waals surface area contributed by atoms with Gasteiger partial charge in [0.25, 0.3) is 0 Å². The largest absolute Gasteiger partial charge is 0.356 e. The van der Waals surface area contributed by atoms with Gasteiger partial charge in [-0.05, 0) is 31.1 Å². The first-order valence-electron chi connectivity index (χ1n) is 6.50. The molecule has 2 aliphatic heterocycles. The van der Waals surface area contributed by atoms with Crippen LogP contribution < -0.4 is 4.90 Å². The van der Waals surface area contributed by atoms with E-state index in [2.05, 4.69) is 25.1 Å². The van der Waals surface area contributed by atoms with Crippen molar-refractivity contribution >= 4 is 5.69 Å². The molecule has 0 N–H and O–H groups in total. The van der Waals surface area contributed by atoms with E-state index >= 15 is 0 Å². The number of hydrogen-bond acceptors (Lipinski definition) is 2. The van der Waals surface area contributed by atoms with Gasteiger partial charge in [-0.2, -0.15) is 0 Å². The molecule has 15 heavy (non-hydrogen) atoms. The van der Waals surface area contributed by atoms with E-state index in [1.54, 1.807) is 0 Å². The molecule has 3 rings (SSSR count). The summed E-state index contributed by atoms with van der Waals surface area (Å²) in [6.07, 6.45) is 2.85. The van der Waals surface area contributed by atoms with Crippen LogP contribution in [0.2, 0.25) is 0 Å². The zero-order valence-electron chi connectivity index (χ0n) is 10.9. The second-order valence-corrected chi connectivity index (χ2v) is 3.97. The fourth-order valence-electron chi connectivity index (χ4n) is 2.22. The molecule has 0 aliphatic carbocycles. The molecule has 1 unspecified atom stereocenters. The molecule has 2 heterocycles. The van der Waals surface area contributed by atoms with Gasteiger partial charge in [0, 0.05) is 26.6 Å². The van der Waals surface area contributed by atoms with Gasteiger partial charge in [0.2, 0.25) is 0 Å². The maximum atomic E-state index is 8.17. The first kappa shape index (κ1) is 6.94. The molecule has 0 saturated carbocycles. The van der Waals surface area contributed by atoms with Crippen molar-refractivity contribution in [1.29, 1.82) is 0 Å². The fourth-order valence-corrected chi connectivity index (χ4v) is 2.22. The molecule has 2 aliphatic rings. The minimum absolute atomic E-state index is 0.202. The van der Waals surface area contributed by atoms with Crippen LogP contribution in [-0.2, 0) is 0 Å². The predicted octanol–water partition coefficient (Wildman–Crippen LogP) is 2.36. The molecule has 0 spiro atoms. The minimum Gasteiger partial charge on any atom is -0.356 e. The van der Waals surface area contributed by atoms with Crippen LogP contribution in [0.25, 0.3) is 0 Å². The zero-order valence-corrected chi connectivity index (χ0v) is 8.85. The number of nitrogens with zero attached hydrogens (tertiary/aromatic N) is 2. The lowest BCUT2D eigenvalue weighted by Gasteiger charge is -2.22. The van der Waals surface area contributed by atoms with Crippen LogP contribution in [0.5, 0.6) is 0 Å². The fraction of sp³-hybridized carbons (Fsp3) is 0.385. The number of benzene rings is 1. The third-order valence-electron chi connectivity index (χ3n) is 3.00. The monoisotopic (exact) mass is 202 g/mol. The van der Waals surface area contributed by atoms with Crippen LogP contribution in [0.1, 0.15) is 14.7 Å². The number of fused-ring (bicyclic) bond motifs is 1. The van der Waals surface area contributed by atoms with E-state index in [0.717, 1.165) is 17.9 Å². The van der Waals surface area contributed by atoms with E-state index in [1.165, 1.54) is 5.56 Å². The molecule has 78 valence electrons. The molecule has 2 atom stereocenters. The van der Waals surface area contributed by atoms with E-state index in [4.69, 9.17) is 2.74 Å². The molecule has 1 saturated heterocycles. The highest BCUT2D eigenvalue weighted by atomic mass is 15.4. The number of para-hydroxylation sites is 1. The maximum Gasteiger partial charge on any atom is 0.104 e. The van der Waals surface area contributed by atoms with Gasteiger partial charge in [-0.25, -0.2) is 0 Å². The standard InChI is InChI=1S/C13H16N2/c1-11-5-2-3-6-12(11)15-10-9-14-8-4-7-13(14)15/h2-3,5-7H,4,8-10H2,1H3/i8D,10D/t8?,10-/m1/s1. The van der Waals surface area contributed by atoms with Crippen molar-refractivity contribution < 1.29 is 2.74 Å². The van der Waals surface area contributed by atoms with Crippen LogP contribution in [0.4, 0.5) is 5.69 Å².